The lowest BCUT2D eigenvalue weighted by Gasteiger charge is -2.19. The van der Waals surface area contributed by atoms with Crippen molar-refractivity contribution in [2.75, 3.05) is 26.2 Å². The van der Waals surface area contributed by atoms with Crippen molar-refractivity contribution in [3.63, 3.8) is 0 Å². The molecule has 1 aromatic rings. The monoisotopic (exact) mass is 235 g/mol. The molecule has 1 fully saturated rings. The highest BCUT2D eigenvalue weighted by Gasteiger charge is 2.16. The average Bonchev–Trinajstić information content (AvgIpc) is 2.58. The summed E-state index contributed by atoms with van der Waals surface area (Å²) in [6.07, 6.45) is 1.10. The number of nitro benzene ring substituents is 1. The fourth-order valence-corrected chi connectivity index (χ4v) is 2.12. The van der Waals surface area contributed by atoms with E-state index in [1.807, 2.05) is 12.1 Å². The Balaban J connectivity index is 2.09. The minimum Gasteiger partial charge on any atom is -0.315 e. The molecule has 0 aromatic heterocycles. The van der Waals surface area contributed by atoms with E-state index in [0.717, 1.165) is 38.2 Å². The highest BCUT2D eigenvalue weighted by atomic mass is 16.6. The van der Waals surface area contributed by atoms with Crippen LogP contribution in [0.4, 0.5) is 5.69 Å². The minimum atomic E-state index is -0.300. The number of benzene rings is 1. The molecule has 0 unspecified atom stereocenters. The first-order valence-electron chi connectivity index (χ1n) is 5.93. The second-order valence-corrected chi connectivity index (χ2v) is 4.27. The molecule has 0 bridgehead atoms. The second-order valence-electron chi connectivity index (χ2n) is 4.27. The molecule has 1 aromatic carbocycles. The van der Waals surface area contributed by atoms with Crippen molar-refractivity contribution < 1.29 is 4.92 Å². The molecule has 0 amide bonds. The van der Waals surface area contributed by atoms with Crippen molar-refractivity contribution in [1.82, 2.24) is 10.2 Å². The van der Waals surface area contributed by atoms with E-state index in [9.17, 15) is 10.1 Å². The lowest BCUT2D eigenvalue weighted by Crippen LogP contribution is -2.27. The van der Waals surface area contributed by atoms with E-state index >= 15 is 0 Å². The Morgan fingerprint density at radius 3 is 2.94 bits per heavy atom. The molecule has 0 spiro atoms. The number of rotatable bonds is 3. The van der Waals surface area contributed by atoms with Gasteiger partial charge in [0.2, 0.25) is 0 Å². The third-order valence-electron chi connectivity index (χ3n) is 3.01. The maximum atomic E-state index is 10.9. The Morgan fingerprint density at radius 2 is 2.12 bits per heavy atom. The Bertz CT molecular complexity index is 387. The molecule has 1 saturated heterocycles. The zero-order valence-corrected chi connectivity index (χ0v) is 9.76. The molecule has 17 heavy (non-hydrogen) atoms. The highest BCUT2D eigenvalue weighted by molar-refractivity contribution is 5.39. The van der Waals surface area contributed by atoms with Crippen LogP contribution in [0.25, 0.3) is 0 Å². The topological polar surface area (TPSA) is 58.4 Å². The molecule has 0 aliphatic carbocycles. The van der Waals surface area contributed by atoms with Crippen LogP contribution in [-0.2, 0) is 6.54 Å². The number of nitrogens with zero attached hydrogens (tertiary/aromatic N) is 2. The van der Waals surface area contributed by atoms with Gasteiger partial charge in [-0.15, -0.1) is 0 Å². The van der Waals surface area contributed by atoms with E-state index < -0.39 is 0 Å². The largest absolute Gasteiger partial charge is 0.315 e. The molecule has 1 heterocycles. The van der Waals surface area contributed by atoms with Crippen LogP contribution in [0.2, 0.25) is 0 Å². The molecule has 1 aliphatic rings. The van der Waals surface area contributed by atoms with Crippen LogP contribution in [0.3, 0.4) is 0 Å². The lowest BCUT2D eigenvalue weighted by atomic mass is 10.1. The number of para-hydroxylation sites is 1. The molecule has 1 N–H and O–H groups in total. The molecule has 0 radical (unpaired) electrons. The van der Waals surface area contributed by atoms with E-state index in [2.05, 4.69) is 10.2 Å². The lowest BCUT2D eigenvalue weighted by molar-refractivity contribution is -0.385. The molecule has 2 rings (SSSR count). The van der Waals surface area contributed by atoms with Crippen LogP contribution in [0.15, 0.2) is 24.3 Å². The van der Waals surface area contributed by atoms with Gasteiger partial charge in [0.1, 0.15) is 0 Å². The Hall–Kier alpha value is -1.46. The van der Waals surface area contributed by atoms with E-state index in [-0.39, 0.29) is 10.6 Å². The molecule has 1 aliphatic heterocycles. The van der Waals surface area contributed by atoms with Crippen LogP contribution < -0.4 is 5.32 Å². The first-order valence-corrected chi connectivity index (χ1v) is 5.93. The predicted octanol–water partition coefficient (Wildman–Crippen LogP) is 1.39. The van der Waals surface area contributed by atoms with Crippen LogP contribution in [0.1, 0.15) is 12.0 Å². The van der Waals surface area contributed by atoms with E-state index in [4.69, 9.17) is 0 Å². The van der Waals surface area contributed by atoms with E-state index in [1.54, 1.807) is 12.1 Å². The van der Waals surface area contributed by atoms with Crippen molar-refractivity contribution in [2.45, 2.75) is 13.0 Å². The van der Waals surface area contributed by atoms with Crippen molar-refractivity contribution in [3.05, 3.63) is 39.9 Å². The number of nitro groups is 1. The van der Waals surface area contributed by atoms with Crippen LogP contribution in [0.5, 0.6) is 0 Å². The van der Waals surface area contributed by atoms with Gasteiger partial charge in [0.05, 0.1) is 4.92 Å². The van der Waals surface area contributed by atoms with Crippen molar-refractivity contribution >= 4 is 5.69 Å². The SMILES string of the molecule is O=[N+]([O-])c1ccccc1CN1CCCNCC1. The molecular weight excluding hydrogens is 218 g/mol. The zero-order valence-electron chi connectivity index (χ0n) is 9.76. The van der Waals surface area contributed by atoms with E-state index in [1.165, 1.54) is 0 Å². The maximum Gasteiger partial charge on any atom is 0.273 e. The molecule has 5 heteroatoms. The second kappa shape index (κ2) is 5.75. The fourth-order valence-electron chi connectivity index (χ4n) is 2.12. The van der Waals surface area contributed by atoms with Gasteiger partial charge < -0.3 is 5.32 Å². The summed E-state index contributed by atoms with van der Waals surface area (Å²) in [4.78, 5) is 12.9. The van der Waals surface area contributed by atoms with Gasteiger partial charge in [0, 0.05) is 31.3 Å². The summed E-state index contributed by atoms with van der Waals surface area (Å²) >= 11 is 0. The summed E-state index contributed by atoms with van der Waals surface area (Å²) in [5.74, 6) is 0. The summed E-state index contributed by atoms with van der Waals surface area (Å²) in [7, 11) is 0. The smallest absolute Gasteiger partial charge is 0.273 e. The molecule has 0 atom stereocenters. The first-order chi connectivity index (χ1) is 8.27. The summed E-state index contributed by atoms with van der Waals surface area (Å²) < 4.78 is 0. The minimum absolute atomic E-state index is 0.227. The summed E-state index contributed by atoms with van der Waals surface area (Å²) in [6, 6.07) is 6.99. The number of hydrogen-bond acceptors (Lipinski definition) is 4. The highest BCUT2D eigenvalue weighted by Crippen LogP contribution is 2.19. The van der Waals surface area contributed by atoms with Crippen LogP contribution >= 0.6 is 0 Å². The fraction of sp³-hybridized carbons (Fsp3) is 0.500. The van der Waals surface area contributed by atoms with Crippen LogP contribution in [-0.4, -0.2) is 36.0 Å². The number of nitrogens with one attached hydrogen (secondary N) is 1. The zero-order chi connectivity index (χ0) is 12.1. The standard InChI is InChI=1S/C12H17N3O2/c16-15(17)12-5-2-1-4-11(12)10-14-8-3-6-13-7-9-14/h1-2,4-5,13H,3,6-10H2. The van der Waals surface area contributed by atoms with Gasteiger partial charge in [0.25, 0.3) is 5.69 Å². The Morgan fingerprint density at radius 1 is 1.29 bits per heavy atom. The van der Waals surface area contributed by atoms with Crippen LogP contribution in [0, 0.1) is 10.1 Å². The van der Waals surface area contributed by atoms with Gasteiger partial charge >= 0.3 is 0 Å². The average molecular weight is 235 g/mol. The van der Waals surface area contributed by atoms with Crippen molar-refractivity contribution in [2.24, 2.45) is 0 Å². The molecule has 92 valence electrons. The molecule has 5 nitrogen and oxygen atoms in total. The van der Waals surface area contributed by atoms with Crippen molar-refractivity contribution in [3.8, 4) is 0 Å². The Kier molecular flexibility index (Phi) is 4.06. The molecular formula is C12H17N3O2. The normalized spacial score (nSPS) is 17.6. The summed E-state index contributed by atoms with van der Waals surface area (Å²) in [5, 5.41) is 14.2. The van der Waals surface area contributed by atoms with E-state index in [0.29, 0.717) is 6.54 Å². The summed E-state index contributed by atoms with van der Waals surface area (Å²) in [5.41, 5.74) is 1.03. The van der Waals surface area contributed by atoms with Gasteiger partial charge in [-0.1, -0.05) is 18.2 Å². The van der Waals surface area contributed by atoms with Gasteiger partial charge in [-0.25, -0.2) is 0 Å². The first kappa shape index (κ1) is 12.0. The Labute approximate surface area is 101 Å². The number of hydrogen-bond donors (Lipinski definition) is 1. The van der Waals surface area contributed by atoms with Crippen molar-refractivity contribution in [1.29, 1.82) is 0 Å². The third-order valence-corrected chi connectivity index (χ3v) is 3.01. The summed E-state index contributed by atoms with van der Waals surface area (Å²) in [6.45, 7) is 4.61. The van der Waals surface area contributed by atoms with Gasteiger partial charge in [0.15, 0.2) is 0 Å². The quantitative estimate of drug-likeness (QED) is 0.635. The predicted molar refractivity (Wildman–Crippen MR) is 65.9 cm³/mol. The third kappa shape index (κ3) is 3.25. The molecule has 0 saturated carbocycles. The van der Waals surface area contributed by atoms with Gasteiger partial charge in [-0.2, -0.15) is 0 Å². The van der Waals surface area contributed by atoms with Gasteiger partial charge in [-0.3, -0.25) is 15.0 Å². The van der Waals surface area contributed by atoms with Gasteiger partial charge in [-0.05, 0) is 19.5 Å². The maximum absolute atomic E-state index is 10.9.